The fraction of sp³-hybridized carbons (Fsp3) is 0.273. The van der Waals surface area contributed by atoms with Crippen LogP contribution < -0.4 is 20.4 Å². The summed E-state index contributed by atoms with van der Waals surface area (Å²) in [5.41, 5.74) is 5.93. The number of morpholine rings is 1. The number of rotatable bonds is 7. The van der Waals surface area contributed by atoms with Crippen molar-refractivity contribution in [1.82, 2.24) is 15.0 Å². The standard InChI is InChI=1S/C22H25N7O2/c1-16-3-7-18(8-4-16)24-20-25-21(27-22(26-20)29-11-13-31-14-12-29)28-23-15-17-5-9-19(30-2)10-6-17/h3-10,15H,11-14H2,1-2H3,(H2,24,25,26,27,28). The van der Waals surface area contributed by atoms with Crippen LogP contribution in [0, 0.1) is 6.92 Å². The number of methoxy groups -OCH3 is 1. The third kappa shape index (κ3) is 5.67. The van der Waals surface area contributed by atoms with Crippen molar-refractivity contribution in [3.8, 4) is 5.75 Å². The van der Waals surface area contributed by atoms with Gasteiger partial charge in [-0.15, -0.1) is 0 Å². The maximum Gasteiger partial charge on any atom is 0.250 e. The van der Waals surface area contributed by atoms with Gasteiger partial charge in [-0.1, -0.05) is 17.7 Å². The van der Waals surface area contributed by atoms with Crippen molar-refractivity contribution in [1.29, 1.82) is 0 Å². The minimum absolute atomic E-state index is 0.357. The Bertz CT molecular complexity index is 1020. The second kappa shape index (κ2) is 9.86. The lowest BCUT2D eigenvalue weighted by molar-refractivity contribution is 0.122. The summed E-state index contributed by atoms with van der Waals surface area (Å²) in [6.07, 6.45) is 1.70. The zero-order chi connectivity index (χ0) is 21.5. The van der Waals surface area contributed by atoms with Crippen LogP contribution in [0.4, 0.5) is 23.5 Å². The second-order valence-electron chi connectivity index (χ2n) is 7.02. The van der Waals surface area contributed by atoms with E-state index in [1.807, 2.05) is 55.5 Å². The minimum Gasteiger partial charge on any atom is -0.497 e. The first-order valence-electron chi connectivity index (χ1n) is 10.1. The maximum absolute atomic E-state index is 5.44. The molecule has 9 heteroatoms. The quantitative estimate of drug-likeness (QED) is 0.445. The van der Waals surface area contributed by atoms with Gasteiger partial charge in [0.2, 0.25) is 17.8 Å². The van der Waals surface area contributed by atoms with Gasteiger partial charge in [0, 0.05) is 18.8 Å². The highest BCUT2D eigenvalue weighted by atomic mass is 16.5. The Morgan fingerprint density at radius 1 is 0.968 bits per heavy atom. The van der Waals surface area contributed by atoms with Crippen molar-refractivity contribution < 1.29 is 9.47 Å². The molecular weight excluding hydrogens is 394 g/mol. The summed E-state index contributed by atoms with van der Waals surface area (Å²) in [6, 6.07) is 15.6. The number of anilines is 4. The van der Waals surface area contributed by atoms with Gasteiger partial charge in [0.25, 0.3) is 0 Å². The van der Waals surface area contributed by atoms with E-state index in [-0.39, 0.29) is 0 Å². The monoisotopic (exact) mass is 419 g/mol. The van der Waals surface area contributed by atoms with E-state index in [4.69, 9.17) is 9.47 Å². The molecule has 9 nitrogen and oxygen atoms in total. The number of aromatic nitrogens is 3. The van der Waals surface area contributed by atoms with Crippen molar-refractivity contribution in [2.45, 2.75) is 6.92 Å². The lowest BCUT2D eigenvalue weighted by atomic mass is 10.2. The highest BCUT2D eigenvalue weighted by molar-refractivity contribution is 5.80. The minimum atomic E-state index is 0.357. The SMILES string of the molecule is COc1ccc(C=NNc2nc(Nc3ccc(C)cc3)nc(N3CCOCC3)n2)cc1. The van der Waals surface area contributed by atoms with Gasteiger partial charge in [0.15, 0.2) is 0 Å². The fourth-order valence-corrected chi connectivity index (χ4v) is 3.00. The van der Waals surface area contributed by atoms with Crippen LogP contribution in [-0.2, 0) is 4.74 Å². The zero-order valence-corrected chi connectivity index (χ0v) is 17.6. The van der Waals surface area contributed by atoms with E-state index in [0.29, 0.717) is 31.1 Å². The smallest absolute Gasteiger partial charge is 0.250 e. The van der Waals surface area contributed by atoms with E-state index >= 15 is 0 Å². The summed E-state index contributed by atoms with van der Waals surface area (Å²) < 4.78 is 10.6. The Balaban J connectivity index is 1.54. The molecule has 0 spiro atoms. The molecule has 2 aromatic carbocycles. The lowest BCUT2D eigenvalue weighted by Crippen LogP contribution is -2.37. The van der Waals surface area contributed by atoms with Crippen LogP contribution in [0.25, 0.3) is 0 Å². The normalized spacial score (nSPS) is 13.9. The zero-order valence-electron chi connectivity index (χ0n) is 17.6. The molecule has 2 N–H and O–H groups in total. The highest BCUT2D eigenvalue weighted by Gasteiger charge is 2.16. The van der Waals surface area contributed by atoms with Gasteiger partial charge >= 0.3 is 0 Å². The van der Waals surface area contributed by atoms with Crippen LogP contribution in [0.15, 0.2) is 53.6 Å². The molecule has 1 aliphatic rings. The van der Waals surface area contributed by atoms with E-state index in [9.17, 15) is 0 Å². The number of benzene rings is 2. The number of aryl methyl sites for hydroxylation is 1. The van der Waals surface area contributed by atoms with Crippen molar-refractivity contribution in [3.05, 3.63) is 59.7 Å². The van der Waals surface area contributed by atoms with Gasteiger partial charge in [-0.2, -0.15) is 20.1 Å². The highest BCUT2D eigenvalue weighted by Crippen LogP contribution is 2.19. The second-order valence-corrected chi connectivity index (χ2v) is 7.02. The number of hydrogen-bond acceptors (Lipinski definition) is 9. The molecule has 2 heterocycles. The number of nitrogens with one attached hydrogen (secondary N) is 2. The average molecular weight is 419 g/mol. The number of ether oxygens (including phenoxy) is 2. The molecule has 160 valence electrons. The summed E-state index contributed by atoms with van der Waals surface area (Å²) in [5.74, 6) is 2.18. The predicted octanol–water partition coefficient (Wildman–Crippen LogP) is 3.21. The number of nitrogens with zero attached hydrogens (tertiary/aromatic N) is 5. The third-order valence-corrected chi connectivity index (χ3v) is 4.72. The molecule has 1 fully saturated rings. The van der Waals surface area contributed by atoms with Gasteiger partial charge in [0.1, 0.15) is 5.75 Å². The van der Waals surface area contributed by atoms with Crippen LogP contribution in [0.5, 0.6) is 5.75 Å². The lowest BCUT2D eigenvalue weighted by Gasteiger charge is -2.27. The van der Waals surface area contributed by atoms with E-state index in [2.05, 4.69) is 35.7 Å². The molecule has 31 heavy (non-hydrogen) atoms. The van der Waals surface area contributed by atoms with Crippen LogP contribution >= 0.6 is 0 Å². The number of hydrogen-bond donors (Lipinski definition) is 2. The first kappa shape index (κ1) is 20.5. The fourth-order valence-electron chi connectivity index (χ4n) is 3.00. The molecule has 1 aliphatic heterocycles. The predicted molar refractivity (Wildman–Crippen MR) is 122 cm³/mol. The van der Waals surface area contributed by atoms with Crippen LogP contribution in [0.3, 0.4) is 0 Å². The molecule has 3 aromatic rings. The maximum atomic E-state index is 5.44. The first-order chi connectivity index (χ1) is 15.2. The Labute approximate surface area is 181 Å². The van der Waals surface area contributed by atoms with Gasteiger partial charge in [-0.25, -0.2) is 5.43 Å². The van der Waals surface area contributed by atoms with Crippen molar-refractivity contribution >= 4 is 29.7 Å². The van der Waals surface area contributed by atoms with E-state index in [0.717, 1.165) is 30.1 Å². The van der Waals surface area contributed by atoms with Crippen LogP contribution in [0.2, 0.25) is 0 Å². The van der Waals surface area contributed by atoms with Crippen LogP contribution in [-0.4, -0.2) is 54.6 Å². The van der Waals surface area contributed by atoms with Gasteiger partial charge in [-0.05, 0) is 48.9 Å². The Morgan fingerprint density at radius 3 is 2.39 bits per heavy atom. The molecule has 1 aromatic heterocycles. The molecule has 0 saturated carbocycles. The largest absolute Gasteiger partial charge is 0.497 e. The average Bonchev–Trinajstić information content (AvgIpc) is 2.81. The molecular formula is C22H25N7O2. The molecule has 0 bridgehead atoms. The van der Waals surface area contributed by atoms with Crippen molar-refractivity contribution in [3.63, 3.8) is 0 Å². The molecule has 4 rings (SSSR count). The van der Waals surface area contributed by atoms with Crippen LogP contribution in [0.1, 0.15) is 11.1 Å². The Hall–Kier alpha value is -3.72. The van der Waals surface area contributed by atoms with Crippen molar-refractivity contribution in [2.24, 2.45) is 5.10 Å². The summed E-state index contributed by atoms with van der Waals surface area (Å²) in [7, 11) is 1.64. The van der Waals surface area contributed by atoms with Crippen molar-refractivity contribution in [2.75, 3.05) is 49.1 Å². The molecule has 0 atom stereocenters. The summed E-state index contributed by atoms with van der Waals surface area (Å²) in [4.78, 5) is 15.7. The van der Waals surface area contributed by atoms with Gasteiger partial charge in [-0.3, -0.25) is 0 Å². The van der Waals surface area contributed by atoms with E-state index < -0.39 is 0 Å². The molecule has 0 aliphatic carbocycles. The molecule has 0 amide bonds. The Morgan fingerprint density at radius 2 is 1.68 bits per heavy atom. The third-order valence-electron chi connectivity index (χ3n) is 4.72. The molecule has 0 radical (unpaired) electrons. The van der Waals surface area contributed by atoms with E-state index in [1.54, 1.807) is 13.3 Å². The Kier molecular flexibility index (Phi) is 6.53. The molecule has 0 unspecified atom stereocenters. The van der Waals surface area contributed by atoms with Gasteiger partial charge < -0.3 is 19.7 Å². The van der Waals surface area contributed by atoms with E-state index in [1.165, 1.54) is 5.56 Å². The summed E-state index contributed by atoms with van der Waals surface area (Å²) >= 11 is 0. The topological polar surface area (TPSA) is 96.8 Å². The number of hydrazone groups is 1. The molecule has 1 saturated heterocycles. The first-order valence-corrected chi connectivity index (χ1v) is 10.1. The van der Waals surface area contributed by atoms with Gasteiger partial charge in [0.05, 0.1) is 26.5 Å². The summed E-state index contributed by atoms with van der Waals surface area (Å²) in [6.45, 7) is 4.78. The summed E-state index contributed by atoms with van der Waals surface area (Å²) in [5, 5.41) is 7.52.